The molecule has 2 rings (SSSR count). The molecule has 0 unspecified atom stereocenters. The first kappa shape index (κ1) is 15.9. The van der Waals surface area contributed by atoms with E-state index in [2.05, 4.69) is 10.6 Å². The van der Waals surface area contributed by atoms with Crippen LogP contribution in [0.1, 0.15) is 17.3 Å². The zero-order valence-electron chi connectivity index (χ0n) is 11.4. The third-order valence-corrected chi connectivity index (χ3v) is 3.01. The van der Waals surface area contributed by atoms with Crippen molar-refractivity contribution in [3.05, 3.63) is 58.6 Å². The summed E-state index contributed by atoms with van der Waals surface area (Å²) < 4.78 is 26.2. The van der Waals surface area contributed by atoms with Gasteiger partial charge in [-0.1, -0.05) is 17.7 Å². The van der Waals surface area contributed by atoms with Gasteiger partial charge in [0.25, 0.3) is 5.91 Å². The van der Waals surface area contributed by atoms with Crippen molar-refractivity contribution in [2.75, 3.05) is 10.6 Å². The van der Waals surface area contributed by atoms with Gasteiger partial charge in [-0.15, -0.1) is 0 Å². The highest BCUT2D eigenvalue weighted by Crippen LogP contribution is 2.22. The lowest BCUT2D eigenvalue weighted by molar-refractivity contribution is -0.114. The van der Waals surface area contributed by atoms with Crippen LogP contribution in [0.3, 0.4) is 0 Å². The van der Waals surface area contributed by atoms with Gasteiger partial charge in [-0.3, -0.25) is 9.59 Å². The summed E-state index contributed by atoms with van der Waals surface area (Å²) in [6.45, 7) is 1.35. The van der Waals surface area contributed by atoms with Gasteiger partial charge in [0.2, 0.25) is 5.91 Å². The third kappa shape index (κ3) is 3.79. The van der Waals surface area contributed by atoms with Crippen molar-refractivity contribution in [1.82, 2.24) is 0 Å². The molecule has 0 aliphatic rings. The highest BCUT2D eigenvalue weighted by atomic mass is 35.5. The van der Waals surface area contributed by atoms with Crippen LogP contribution < -0.4 is 10.6 Å². The molecule has 0 aliphatic carbocycles. The lowest BCUT2D eigenvalue weighted by Crippen LogP contribution is -2.14. The van der Waals surface area contributed by atoms with Crippen LogP contribution in [0.25, 0.3) is 0 Å². The Balaban J connectivity index is 2.22. The Hall–Kier alpha value is -2.47. The molecule has 0 spiro atoms. The van der Waals surface area contributed by atoms with Gasteiger partial charge >= 0.3 is 0 Å². The van der Waals surface area contributed by atoms with Gasteiger partial charge in [0.15, 0.2) is 11.6 Å². The minimum atomic E-state index is -1.17. The fourth-order valence-electron chi connectivity index (χ4n) is 1.77. The highest BCUT2D eigenvalue weighted by molar-refractivity contribution is 6.34. The lowest BCUT2D eigenvalue weighted by atomic mass is 10.2. The van der Waals surface area contributed by atoms with Crippen molar-refractivity contribution in [2.24, 2.45) is 0 Å². The molecule has 2 aromatic carbocycles. The number of hydrogen-bond acceptors (Lipinski definition) is 2. The number of nitrogens with one attached hydrogen (secondary N) is 2. The maximum Gasteiger partial charge on any atom is 0.257 e. The van der Waals surface area contributed by atoms with Crippen LogP contribution in [0.4, 0.5) is 20.2 Å². The molecule has 2 amide bonds. The maximum atomic E-state index is 13.2. The molecule has 7 heteroatoms. The molecule has 0 bridgehead atoms. The Morgan fingerprint density at radius 2 is 1.59 bits per heavy atom. The monoisotopic (exact) mass is 324 g/mol. The summed E-state index contributed by atoms with van der Waals surface area (Å²) in [6.07, 6.45) is 0. The summed E-state index contributed by atoms with van der Waals surface area (Å²) in [6, 6.07) is 7.82. The Morgan fingerprint density at radius 3 is 2.23 bits per heavy atom. The van der Waals surface area contributed by atoms with Crippen LogP contribution in [0, 0.1) is 11.6 Å². The van der Waals surface area contributed by atoms with Crippen LogP contribution in [-0.4, -0.2) is 11.8 Å². The maximum absolute atomic E-state index is 13.2. The number of amides is 2. The van der Waals surface area contributed by atoms with Crippen molar-refractivity contribution < 1.29 is 18.4 Å². The standard InChI is InChI=1S/C15H11ClF2N2O2/c1-8(21)19-9-3-2-4-10(5-9)20-15(22)11-6-13(17)14(18)7-12(11)16/h2-7H,1H3,(H,19,21)(H,20,22). The van der Waals surface area contributed by atoms with Crippen molar-refractivity contribution in [3.8, 4) is 0 Å². The second-order valence-corrected chi connectivity index (χ2v) is 4.87. The van der Waals surface area contributed by atoms with E-state index in [0.29, 0.717) is 11.4 Å². The number of carbonyl (C=O) groups is 2. The minimum Gasteiger partial charge on any atom is -0.326 e. The zero-order chi connectivity index (χ0) is 16.3. The van der Waals surface area contributed by atoms with Gasteiger partial charge in [0.05, 0.1) is 10.6 Å². The van der Waals surface area contributed by atoms with E-state index in [4.69, 9.17) is 11.6 Å². The molecule has 2 N–H and O–H groups in total. The summed E-state index contributed by atoms with van der Waals surface area (Å²) in [5, 5.41) is 4.86. The van der Waals surface area contributed by atoms with Crippen LogP contribution in [0.2, 0.25) is 5.02 Å². The molecule has 0 atom stereocenters. The summed E-state index contributed by atoms with van der Waals surface area (Å²) in [5.41, 5.74) is 0.671. The van der Waals surface area contributed by atoms with E-state index in [0.717, 1.165) is 12.1 Å². The van der Waals surface area contributed by atoms with E-state index in [-0.39, 0.29) is 16.5 Å². The molecule has 0 radical (unpaired) electrons. The predicted octanol–water partition coefficient (Wildman–Crippen LogP) is 3.83. The quantitative estimate of drug-likeness (QED) is 0.843. The molecule has 0 saturated carbocycles. The molecule has 0 heterocycles. The van der Waals surface area contributed by atoms with Crippen molar-refractivity contribution in [3.63, 3.8) is 0 Å². The van der Waals surface area contributed by atoms with Crippen molar-refractivity contribution in [2.45, 2.75) is 6.92 Å². The van der Waals surface area contributed by atoms with Gasteiger partial charge < -0.3 is 10.6 Å². The smallest absolute Gasteiger partial charge is 0.257 e. The number of hydrogen-bond donors (Lipinski definition) is 2. The first-order chi connectivity index (χ1) is 10.4. The second kappa shape index (κ2) is 6.53. The first-order valence-electron chi connectivity index (χ1n) is 6.20. The van der Waals surface area contributed by atoms with Gasteiger partial charge in [-0.25, -0.2) is 8.78 Å². The Morgan fingerprint density at radius 1 is 1.00 bits per heavy atom. The van der Waals surface area contributed by atoms with E-state index in [1.165, 1.54) is 13.0 Å². The molecule has 0 fully saturated rings. The zero-order valence-corrected chi connectivity index (χ0v) is 12.2. The molecular weight excluding hydrogens is 314 g/mol. The molecule has 0 aromatic heterocycles. The molecule has 22 heavy (non-hydrogen) atoms. The second-order valence-electron chi connectivity index (χ2n) is 4.46. The number of carbonyl (C=O) groups excluding carboxylic acids is 2. The minimum absolute atomic E-state index is 0.189. The molecular formula is C15H11ClF2N2O2. The van der Waals surface area contributed by atoms with E-state index < -0.39 is 17.5 Å². The number of anilines is 2. The van der Waals surface area contributed by atoms with Crippen LogP contribution in [0.15, 0.2) is 36.4 Å². The van der Waals surface area contributed by atoms with Crippen molar-refractivity contribution >= 4 is 34.8 Å². The fourth-order valence-corrected chi connectivity index (χ4v) is 2.01. The average molecular weight is 325 g/mol. The van der Waals surface area contributed by atoms with Gasteiger partial charge in [-0.05, 0) is 30.3 Å². The first-order valence-corrected chi connectivity index (χ1v) is 6.58. The largest absolute Gasteiger partial charge is 0.326 e. The summed E-state index contributed by atoms with van der Waals surface area (Å²) in [5.74, 6) is -3.24. The van der Waals surface area contributed by atoms with Crippen LogP contribution in [-0.2, 0) is 4.79 Å². The molecule has 114 valence electrons. The highest BCUT2D eigenvalue weighted by Gasteiger charge is 2.15. The Labute approximate surface area is 130 Å². The lowest BCUT2D eigenvalue weighted by Gasteiger charge is -2.09. The molecule has 4 nitrogen and oxygen atoms in total. The molecule has 0 aliphatic heterocycles. The summed E-state index contributed by atoms with van der Waals surface area (Å²) in [4.78, 5) is 23.0. The average Bonchev–Trinajstić information content (AvgIpc) is 2.42. The number of rotatable bonds is 3. The summed E-state index contributed by atoms with van der Waals surface area (Å²) >= 11 is 5.74. The van der Waals surface area contributed by atoms with E-state index in [1.54, 1.807) is 18.2 Å². The van der Waals surface area contributed by atoms with E-state index >= 15 is 0 Å². The van der Waals surface area contributed by atoms with Crippen molar-refractivity contribution in [1.29, 1.82) is 0 Å². The van der Waals surface area contributed by atoms with Gasteiger partial charge in [0, 0.05) is 18.3 Å². The number of halogens is 3. The van der Waals surface area contributed by atoms with E-state index in [1.807, 2.05) is 0 Å². The van der Waals surface area contributed by atoms with Crippen LogP contribution >= 0.6 is 11.6 Å². The fraction of sp³-hybridized carbons (Fsp3) is 0.0667. The van der Waals surface area contributed by atoms with Crippen LogP contribution in [0.5, 0.6) is 0 Å². The Kier molecular flexibility index (Phi) is 4.72. The topological polar surface area (TPSA) is 58.2 Å². The summed E-state index contributed by atoms with van der Waals surface area (Å²) in [7, 11) is 0. The normalized spacial score (nSPS) is 10.2. The third-order valence-electron chi connectivity index (χ3n) is 2.70. The number of benzene rings is 2. The van der Waals surface area contributed by atoms with E-state index in [9.17, 15) is 18.4 Å². The predicted molar refractivity (Wildman–Crippen MR) is 80.1 cm³/mol. The SMILES string of the molecule is CC(=O)Nc1cccc(NC(=O)c2cc(F)c(F)cc2Cl)c1. The Bertz CT molecular complexity index is 750. The molecule has 2 aromatic rings. The van der Waals surface area contributed by atoms with Gasteiger partial charge in [0.1, 0.15) is 0 Å². The molecule has 0 saturated heterocycles. The van der Waals surface area contributed by atoms with Gasteiger partial charge in [-0.2, -0.15) is 0 Å².